The molecule has 2 aromatic carbocycles. The molecule has 0 aliphatic rings. The van der Waals surface area contributed by atoms with Gasteiger partial charge in [0.15, 0.2) is 6.61 Å². The molecule has 0 unspecified atom stereocenters. The number of rotatable bonds is 11. The third-order valence-corrected chi connectivity index (χ3v) is 6.11. The van der Waals surface area contributed by atoms with Crippen molar-refractivity contribution in [2.45, 2.75) is 6.54 Å². The summed E-state index contributed by atoms with van der Waals surface area (Å²) in [4.78, 5) is 24.1. The van der Waals surface area contributed by atoms with E-state index < -0.39 is 22.5 Å². The summed E-state index contributed by atoms with van der Waals surface area (Å²) in [5.74, 6) is 0.233. The lowest BCUT2D eigenvalue weighted by molar-refractivity contribution is -0.123. The van der Waals surface area contributed by atoms with Gasteiger partial charge >= 0.3 is 0 Å². The number of anilines is 1. The third kappa shape index (κ3) is 8.58. The molecule has 1 heterocycles. The Labute approximate surface area is 211 Å². The number of nitrogens with one attached hydrogen (secondary N) is 2. The van der Waals surface area contributed by atoms with Gasteiger partial charge in [-0.2, -0.15) is 5.10 Å². The highest BCUT2D eigenvalue weighted by atomic mass is 79.9. The molecule has 0 aliphatic carbocycles. The molecule has 2 amide bonds. The van der Waals surface area contributed by atoms with Gasteiger partial charge in [-0.25, -0.2) is 13.8 Å². The first-order valence-corrected chi connectivity index (χ1v) is 12.9. The molecule has 0 saturated heterocycles. The number of carbonyl (C=O) groups excluding carboxylic acids is 2. The van der Waals surface area contributed by atoms with E-state index in [1.807, 2.05) is 0 Å². The zero-order valence-electron chi connectivity index (χ0n) is 18.7. The van der Waals surface area contributed by atoms with Crippen molar-refractivity contribution in [3.63, 3.8) is 0 Å². The number of carbonyl (C=O) groups is 2. The highest BCUT2D eigenvalue weighted by molar-refractivity contribution is 9.10. The minimum atomic E-state index is -3.69. The van der Waals surface area contributed by atoms with Crippen molar-refractivity contribution in [2.75, 3.05) is 23.7 Å². The van der Waals surface area contributed by atoms with Crippen LogP contribution < -0.4 is 19.8 Å². The first-order valence-electron chi connectivity index (χ1n) is 10.3. The highest BCUT2D eigenvalue weighted by Gasteiger charge is 2.20. The van der Waals surface area contributed by atoms with Gasteiger partial charge in [0, 0.05) is 4.47 Å². The second kappa shape index (κ2) is 12.2. The topological polar surface area (TPSA) is 130 Å². The summed E-state index contributed by atoms with van der Waals surface area (Å²) >= 11 is 3.29. The monoisotopic (exact) mass is 562 g/mol. The molecule has 0 radical (unpaired) electrons. The predicted molar refractivity (Wildman–Crippen MR) is 135 cm³/mol. The molecule has 10 nitrogen and oxygen atoms in total. The molecular weight excluding hydrogens is 540 g/mol. The fourth-order valence-electron chi connectivity index (χ4n) is 2.82. The largest absolute Gasteiger partial charge is 0.484 e. The Balaban J connectivity index is 1.47. The summed E-state index contributed by atoms with van der Waals surface area (Å²) in [5, 5.41) is 6.55. The second-order valence-corrected chi connectivity index (χ2v) is 10.1. The first kappa shape index (κ1) is 26.0. The van der Waals surface area contributed by atoms with Crippen molar-refractivity contribution >= 4 is 49.7 Å². The second-order valence-electron chi connectivity index (χ2n) is 7.26. The number of furan rings is 1. The Morgan fingerprint density at radius 1 is 1.11 bits per heavy atom. The van der Waals surface area contributed by atoms with Gasteiger partial charge in [0.25, 0.3) is 11.8 Å². The number of hydrogen-bond acceptors (Lipinski definition) is 7. The molecule has 3 rings (SSSR count). The predicted octanol–water partition coefficient (Wildman–Crippen LogP) is 2.65. The molecule has 0 fully saturated rings. The molecule has 3 aromatic rings. The van der Waals surface area contributed by atoms with E-state index in [2.05, 4.69) is 31.8 Å². The van der Waals surface area contributed by atoms with Crippen molar-refractivity contribution in [3.05, 3.63) is 82.7 Å². The maximum Gasteiger partial charge on any atom is 0.260 e. The fraction of sp³-hybridized carbons (Fsp3) is 0.174. The zero-order valence-corrected chi connectivity index (χ0v) is 21.1. The summed E-state index contributed by atoms with van der Waals surface area (Å²) in [5.41, 5.74) is 3.33. The number of sulfonamides is 1. The van der Waals surface area contributed by atoms with Gasteiger partial charge in [-0.15, -0.1) is 0 Å². The molecule has 1 aromatic heterocycles. The lowest BCUT2D eigenvalue weighted by Crippen LogP contribution is -2.39. The van der Waals surface area contributed by atoms with Crippen LogP contribution in [0.2, 0.25) is 0 Å². The van der Waals surface area contributed by atoms with E-state index in [0.717, 1.165) is 10.6 Å². The fourth-order valence-corrected chi connectivity index (χ4v) is 4.06. The molecule has 184 valence electrons. The third-order valence-electron chi connectivity index (χ3n) is 4.48. The molecule has 0 atom stereocenters. The van der Waals surface area contributed by atoms with Crippen LogP contribution >= 0.6 is 15.9 Å². The average Bonchev–Trinajstić information content (AvgIpc) is 3.34. The van der Waals surface area contributed by atoms with E-state index in [-0.39, 0.29) is 19.1 Å². The normalized spacial score (nSPS) is 11.3. The maximum absolute atomic E-state index is 12.3. The highest BCUT2D eigenvalue weighted by Crippen LogP contribution is 2.21. The van der Waals surface area contributed by atoms with E-state index in [4.69, 9.17) is 9.15 Å². The lowest BCUT2D eigenvalue weighted by atomic mass is 10.2. The minimum absolute atomic E-state index is 0.154. The molecular formula is C23H23BrN4O6S. The molecule has 12 heteroatoms. The van der Waals surface area contributed by atoms with Gasteiger partial charge in [-0.1, -0.05) is 22.0 Å². The van der Waals surface area contributed by atoms with Crippen molar-refractivity contribution in [1.29, 1.82) is 0 Å². The van der Waals surface area contributed by atoms with E-state index in [1.54, 1.807) is 60.7 Å². The Morgan fingerprint density at radius 3 is 2.54 bits per heavy atom. The van der Waals surface area contributed by atoms with Crippen molar-refractivity contribution < 1.29 is 27.2 Å². The molecule has 0 saturated carbocycles. The summed E-state index contributed by atoms with van der Waals surface area (Å²) < 4.78 is 36.5. The van der Waals surface area contributed by atoms with Crippen LogP contribution in [-0.4, -0.2) is 45.9 Å². The van der Waals surface area contributed by atoms with E-state index in [1.165, 1.54) is 12.5 Å². The Morgan fingerprint density at radius 2 is 1.89 bits per heavy atom. The van der Waals surface area contributed by atoms with Gasteiger partial charge in [-0.05, 0) is 60.2 Å². The van der Waals surface area contributed by atoms with Crippen LogP contribution in [0.3, 0.4) is 0 Å². The number of halogens is 1. The number of hydrogen-bond donors (Lipinski definition) is 2. The molecule has 0 aliphatic heterocycles. The lowest BCUT2D eigenvalue weighted by Gasteiger charge is -2.21. The number of hydrazone groups is 1. The number of ether oxygens (including phenoxy) is 1. The number of benzene rings is 2. The maximum atomic E-state index is 12.3. The van der Waals surface area contributed by atoms with Crippen LogP contribution in [-0.2, 0) is 26.2 Å². The van der Waals surface area contributed by atoms with Crippen molar-refractivity contribution in [3.8, 4) is 5.75 Å². The van der Waals surface area contributed by atoms with Gasteiger partial charge in [-0.3, -0.25) is 13.9 Å². The van der Waals surface area contributed by atoms with Crippen LogP contribution in [0.1, 0.15) is 11.3 Å². The van der Waals surface area contributed by atoms with Gasteiger partial charge < -0.3 is 14.5 Å². The zero-order chi connectivity index (χ0) is 25.3. The summed E-state index contributed by atoms with van der Waals surface area (Å²) in [6.45, 7) is -0.304. The number of amides is 2. The van der Waals surface area contributed by atoms with Gasteiger partial charge in [0.1, 0.15) is 18.1 Å². The smallest absolute Gasteiger partial charge is 0.260 e. The van der Waals surface area contributed by atoms with Gasteiger partial charge in [0.05, 0.1) is 31.0 Å². The van der Waals surface area contributed by atoms with Crippen molar-refractivity contribution in [1.82, 2.24) is 10.7 Å². The minimum Gasteiger partial charge on any atom is -0.484 e. The van der Waals surface area contributed by atoms with Crippen molar-refractivity contribution in [2.24, 2.45) is 5.10 Å². The van der Waals surface area contributed by atoms with Crippen LogP contribution in [0.5, 0.6) is 5.75 Å². The van der Waals surface area contributed by atoms with Crippen LogP contribution in [0.15, 0.2) is 80.9 Å². The quantitative estimate of drug-likeness (QED) is 0.273. The molecule has 35 heavy (non-hydrogen) atoms. The van der Waals surface area contributed by atoms with E-state index in [9.17, 15) is 18.0 Å². The summed E-state index contributed by atoms with van der Waals surface area (Å²) in [6, 6.07) is 16.8. The SMILES string of the molecule is CS(=O)(=O)N(CC(=O)N/N=C\c1ccc(OCC(=O)NCc2ccco2)cc1)c1cccc(Br)c1. The van der Waals surface area contributed by atoms with E-state index >= 15 is 0 Å². The van der Waals surface area contributed by atoms with Crippen LogP contribution in [0.4, 0.5) is 5.69 Å². The summed E-state index contributed by atoms with van der Waals surface area (Å²) in [7, 11) is -3.69. The average molecular weight is 563 g/mol. The molecule has 2 N–H and O–H groups in total. The Hall–Kier alpha value is -3.64. The summed E-state index contributed by atoms with van der Waals surface area (Å²) in [6.07, 6.45) is 3.96. The Bertz CT molecular complexity index is 1280. The van der Waals surface area contributed by atoms with Crippen LogP contribution in [0, 0.1) is 0 Å². The molecule has 0 spiro atoms. The standard InChI is InChI=1S/C23H23BrN4O6S/c1-35(31,32)28(19-5-2-4-18(24)12-19)15-22(29)27-26-13-17-7-9-20(10-8-17)34-16-23(30)25-14-21-6-3-11-33-21/h2-13H,14-16H2,1H3,(H,25,30)(H,27,29)/b26-13-. The number of nitrogens with zero attached hydrogens (tertiary/aromatic N) is 2. The molecule has 0 bridgehead atoms. The Kier molecular flexibility index (Phi) is 9.04. The van der Waals surface area contributed by atoms with E-state index in [0.29, 0.717) is 27.2 Å². The van der Waals surface area contributed by atoms with Gasteiger partial charge in [0.2, 0.25) is 10.0 Å². The van der Waals surface area contributed by atoms with Crippen LogP contribution in [0.25, 0.3) is 0 Å². The first-order chi connectivity index (χ1) is 16.7.